The van der Waals surface area contributed by atoms with Crippen LogP contribution in [0.5, 0.6) is 0 Å². The normalized spacial score (nSPS) is 13.1. The van der Waals surface area contributed by atoms with Crippen LogP contribution in [0.4, 0.5) is 5.69 Å². The largest absolute Gasteiger partial charge is 0.285 e. The molecular weight excluding hydrogens is 418 g/mol. The van der Waals surface area contributed by atoms with E-state index in [1.165, 1.54) is 25.3 Å². The van der Waals surface area contributed by atoms with Gasteiger partial charge in [-0.05, 0) is 31.0 Å². The summed E-state index contributed by atoms with van der Waals surface area (Å²) in [6.45, 7) is 0. The third-order valence-electron chi connectivity index (χ3n) is 4.97. The summed E-state index contributed by atoms with van der Waals surface area (Å²) in [5, 5.41) is 11.0. The fourth-order valence-electron chi connectivity index (χ4n) is 3.30. The van der Waals surface area contributed by atoms with Crippen molar-refractivity contribution in [1.29, 1.82) is 0 Å². The Balaban J connectivity index is 1.46. The smallest absolute Gasteiger partial charge is 0.258 e. The number of rotatable bonds is 15. The van der Waals surface area contributed by atoms with E-state index in [9.17, 15) is 18.5 Å². The second kappa shape index (κ2) is 14.2. The van der Waals surface area contributed by atoms with Gasteiger partial charge in [0.25, 0.3) is 5.69 Å². The second-order valence-electron chi connectivity index (χ2n) is 7.32. The molecule has 0 N–H and O–H groups in total. The molecule has 0 aliphatic carbocycles. The van der Waals surface area contributed by atoms with Crippen LogP contribution in [0.2, 0.25) is 0 Å². The van der Waals surface area contributed by atoms with E-state index in [4.69, 9.17) is 0 Å². The SMILES string of the molecule is O=[N+]([O-])c1ccccc1S(=O)CCCCCCCCCCCS(=O)c1ccccc1. The first-order valence-electron chi connectivity index (χ1n) is 10.6. The van der Waals surface area contributed by atoms with Crippen LogP contribution in [0.15, 0.2) is 64.4 Å². The van der Waals surface area contributed by atoms with E-state index in [0.717, 1.165) is 49.2 Å². The van der Waals surface area contributed by atoms with Gasteiger partial charge in [0.2, 0.25) is 0 Å². The highest BCUT2D eigenvalue weighted by Gasteiger charge is 2.17. The summed E-state index contributed by atoms with van der Waals surface area (Å²) in [5.41, 5.74) is -0.0524. The van der Waals surface area contributed by atoms with E-state index in [0.29, 0.717) is 10.6 Å². The topological polar surface area (TPSA) is 77.3 Å². The Labute approximate surface area is 184 Å². The van der Waals surface area contributed by atoms with Gasteiger partial charge in [0.15, 0.2) is 0 Å². The summed E-state index contributed by atoms with van der Waals surface area (Å²) in [7, 11) is -2.19. The maximum absolute atomic E-state index is 12.3. The zero-order chi connectivity index (χ0) is 21.6. The fourth-order valence-corrected chi connectivity index (χ4v) is 5.76. The highest BCUT2D eigenvalue weighted by molar-refractivity contribution is 7.85. The summed E-state index contributed by atoms with van der Waals surface area (Å²) in [6.07, 6.45) is 9.77. The second-order valence-corrected chi connectivity index (χ2v) is 10.4. The average Bonchev–Trinajstić information content (AvgIpc) is 2.77. The number of hydrogen-bond acceptors (Lipinski definition) is 4. The quantitative estimate of drug-likeness (QED) is 0.189. The zero-order valence-corrected chi connectivity index (χ0v) is 19.0. The van der Waals surface area contributed by atoms with Gasteiger partial charge in [-0.1, -0.05) is 75.3 Å². The number of unbranched alkanes of at least 4 members (excludes halogenated alkanes) is 8. The van der Waals surface area contributed by atoms with Gasteiger partial charge in [0.1, 0.15) is 4.90 Å². The van der Waals surface area contributed by atoms with E-state index in [2.05, 4.69) is 0 Å². The first kappa shape index (κ1) is 24.4. The predicted octanol–water partition coefficient (Wildman–Crippen LogP) is 6.02. The van der Waals surface area contributed by atoms with Gasteiger partial charge in [0.05, 0.1) is 26.5 Å². The standard InChI is InChI=1S/C23H31NO4S2/c25-24(26)22-17-11-12-18-23(22)30(28)20-14-7-5-3-1-2-4-6-13-19-29(27)21-15-9-8-10-16-21/h8-12,15-18H,1-7,13-14,19-20H2. The van der Waals surface area contributed by atoms with Crippen LogP contribution in [-0.4, -0.2) is 24.8 Å². The molecule has 7 heteroatoms. The lowest BCUT2D eigenvalue weighted by atomic mass is 10.1. The third-order valence-corrected chi connectivity index (χ3v) is 7.93. The van der Waals surface area contributed by atoms with E-state index in [1.807, 2.05) is 30.3 Å². The van der Waals surface area contributed by atoms with Crippen molar-refractivity contribution in [3.8, 4) is 0 Å². The fraction of sp³-hybridized carbons (Fsp3) is 0.478. The highest BCUT2D eigenvalue weighted by Crippen LogP contribution is 2.22. The number of para-hydroxylation sites is 1. The molecule has 2 atom stereocenters. The molecule has 5 nitrogen and oxygen atoms in total. The molecule has 2 aromatic carbocycles. The summed E-state index contributed by atoms with van der Waals surface area (Å²) in [6, 6.07) is 15.9. The molecule has 164 valence electrons. The minimum Gasteiger partial charge on any atom is -0.258 e. The van der Waals surface area contributed by atoms with Crippen molar-refractivity contribution in [3.05, 3.63) is 64.7 Å². The van der Waals surface area contributed by atoms with Crippen molar-refractivity contribution in [2.45, 2.75) is 67.6 Å². The Morgan fingerprint density at radius 2 is 1.10 bits per heavy atom. The lowest BCUT2D eigenvalue weighted by Gasteiger charge is -2.05. The van der Waals surface area contributed by atoms with Crippen molar-refractivity contribution < 1.29 is 13.3 Å². The number of nitrogens with zero attached hydrogens (tertiary/aromatic N) is 1. The molecule has 2 aromatic rings. The van der Waals surface area contributed by atoms with Gasteiger partial charge in [-0.25, -0.2) is 0 Å². The van der Waals surface area contributed by atoms with Crippen LogP contribution in [0.3, 0.4) is 0 Å². The Morgan fingerprint density at radius 1 is 0.633 bits per heavy atom. The Morgan fingerprint density at radius 3 is 1.67 bits per heavy atom. The Hall–Kier alpha value is -1.86. The van der Waals surface area contributed by atoms with Crippen LogP contribution >= 0.6 is 0 Å². The third kappa shape index (κ3) is 8.88. The van der Waals surface area contributed by atoms with Crippen molar-refractivity contribution in [2.24, 2.45) is 0 Å². The number of nitro groups is 1. The maximum Gasteiger partial charge on any atom is 0.285 e. The summed E-state index contributed by atoms with van der Waals surface area (Å²) in [4.78, 5) is 11.8. The maximum atomic E-state index is 12.3. The van der Waals surface area contributed by atoms with Gasteiger partial charge in [0, 0.05) is 22.5 Å². The minimum absolute atomic E-state index is 0.0524. The molecular formula is C23H31NO4S2. The minimum atomic E-state index is -1.31. The molecule has 2 rings (SSSR count). The van der Waals surface area contributed by atoms with Crippen molar-refractivity contribution in [1.82, 2.24) is 0 Å². The number of hydrogen-bond donors (Lipinski definition) is 0. The lowest BCUT2D eigenvalue weighted by molar-refractivity contribution is -0.387. The first-order chi connectivity index (χ1) is 14.6. The van der Waals surface area contributed by atoms with Gasteiger partial charge >= 0.3 is 0 Å². The van der Waals surface area contributed by atoms with E-state index in [-0.39, 0.29) is 5.69 Å². The molecule has 0 saturated heterocycles. The molecule has 0 spiro atoms. The molecule has 2 unspecified atom stereocenters. The molecule has 0 amide bonds. The summed E-state index contributed by atoms with van der Waals surface area (Å²) in [5.74, 6) is 1.21. The van der Waals surface area contributed by atoms with Crippen molar-refractivity contribution in [3.63, 3.8) is 0 Å². The monoisotopic (exact) mass is 449 g/mol. The first-order valence-corrected chi connectivity index (χ1v) is 13.3. The number of benzene rings is 2. The van der Waals surface area contributed by atoms with E-state index < -0.39 is 26.5 Å². The molecule has 0 aromatic heterocycles. The Kier molecular flexibility index (Phi) is 11.6. The highest BCUT2D eigenvalue weighted by atomic mass is 32.2. The van der Waals surface area contributed by atoms with Gasteiger partial charge in [-0.15, -0.1) is 0 Å². The molecule has 0 saturated carbocycles. The van der Waals surface area contributed by atoms with E-state index in [1.54, 1.807) is 18.2 Å². The predicted molar refractivity (Wildman–Crippen MR) is 124 cm³/mol. The molecule has 0 heterocycles. The molecule has 30 heavy (non-hydrogen) atoms. The molecule has 0 radical (unpaired) electrons. The van der Waals surface area contributed by atoms with Gasteiger partial charge < -0.3 is 0 Å². The van der Waals surface area contributed by atoms with Crippen LogP contribution in [0, 0.1) is 10.1 Å². The van der Waals surface area contributed by atoms with Crippen LogP contribution in [0.25, 0.3) is 0 Å². The lowest BCUT2D eigenvalue weighted by Crippen LogP contribution is -2.02. The Bertz CT molecular complexity index is 827. The van der Waals surface area contributed by atoms with E-state index >= 15 is 0 Å². The summed E-state index contributed by atoms with van der Waals surface area (Å²) >= 11 is 0. The molecule has 0 aliphatic heterocycles. The van der Waals surface area contributed by atoms with Crippen LogP contribution in [0.1, 0.15) is 57.8 Å². The van der Waals surface area contributed by atoms with Crippen LogP contribution in [-0.2, 0) is 21.6 Å². The zero-order valence-electron chi connectivity index (χ0n) is 17.4. The molecule has 0 aliphatic rings. The van der Waals surface area contributed by atoms with Gasteiger partial charge in [-0.2, -0.15) is 0 Å². The summed E-state index contributed by atoms with van der Waals surface area (Å²) < 4.78 is 24.5. The molecule has 0 bridgehead atoms. The number of nitro benzene ring substituents is 1. The van der Waals surface area contributed by atoms with Crippen molar-refractivity contribution in [2.75, 3.05) is 11.5 Å². The molecule has 0 fully saturated rings. The van der Waals surface area contributed by atoms with Crippen LogP contribution < -0.4 is 0 Å². The average molecular weight is 450 g/mol. The van der Waals surface area contributed by atoms with Crippen molar-refractivity contribution >= 4 is 27.3 Å². The van der Waals surface area contributed by atoms with Gasteiger partial charge in [-0.3, -0.25) is 18.5 Å².